The van der Waals surface area contributed by atoms with Gasteiger partial charge in [0.15, 0.2) is 12.3 Å². The van der Waals surface area contributed by atoms with E-state index < -0.39 is 105 Å². The molecule has 4 aliphatic rings. The van der Waals surface area contributed by atoms with Crippen LogP contribution in [0.3, 0.4) is 0 Å². The summed E-state index contributed by atoms with van der Waals surface area (Å²) in [6.07, 6.45) is 7.27. The van der Waals surface area contributed by atoms with Gasteiger partial charge >= 0.3 is 5.97 Å². The number of carbonyl (C=O) groups excluding carboxylic acids is 3. The molecule has 4 N–H and O–H groups in total. The third-order valence-corrected chi connectivity index (χ3v) is 22.3. The van der Waals surface area contributed by atoms with E-state index in [1.165, 1.54) is 18.2 Å². The second kappa shape index (κ2) is 34.7. The van der Waals surface area contributed by atoms with Gasteiger partial charge in [-0.1, -0.05) is 29.8 Å². The average molecular weight is 1530 g/mol. The van der Waals surface area contributed by atoms with Gasteiger partial charge in [0.2, 0.25) is 5.69 Å². The maximum Gasteiger partial charge on any atom is 0.333 e. The zero-order chi connectivity index (χ0) is 73.7. The number of ether oxygens (including phenoxy) is 8. The molecule has 0 aromatic heterocycles. The van der Waals surface area contributed by atoms with Gasteiger partial charge in [-0.05, 0) is 134 Å². The lowest BCUT2D eigenvalue weighted by Gasteiger charge is -2.31. The second-order valence-corrected chi connectivity index (χ2v) is 31.9. The number of fused-ring (bicyclic) bond motifs is 6. The Kier molecular flexibility index (Phi) is 27.7. The average Bonchev–Trinajstić information content (AvgIpc) is 1.60. The fourth-order valence-corrected chi connectivity index (χ4v) is 16.4. The van der Waals surface area contributed by atoms with Crippen LogP contribution in [0.15, 0.2) is 114 Å². The summed E-state index contributed by atoms with van der Waals surface area (Å²) in [6.45, 7) is 6.62. The highest BCUT2D eigenvalue weighted by Crippen LogP contribution is 2.55. The van der Waals surface area contributed by atoms with E-state index >= 15 is 0 Å². The minimum atomic E-state index is -5.44. The molecule has 30 nitrogen and oxygen atoms in total. The van der Waals surface area contributed by atoms with Crippen molar-refractivity contribution in [3.63, 3.8) is 0 Å². The minimum absolute atomic E-state index is 0.0135. The molecule has 3 heterocycles. The summed E-state index contributed by atoms with van der Waals surface area (Å²) in [5, 5.41) is 0.250. The zero-order valence-electron chi connectivity index (χ0n) is 56.0. The van der Waals surface area contributed by atoms with Crippen molar-refractivity contribution in [2.24, 2.45) is 0 Å². The van der Waals surface area contributed by atoms with E-state index in [9.17, 15) is 79.2 Å². The maximum absolute atomic E-state index is 13.3. The number of rotatable bonds is 40. The van der Waals surface area contributed by atoms with Crippen molar-refractivity contribution in [3.05, 3.63) is 106 Å². The van der Waals surface area contributed by atoms with E-state index in [1.807, 2.05) is 4.58 Å². The normalized spacial score (nSPS) is 19.4. The van der Waals surface area contributed by atoms with Gasteiger partial charge in [0.25, 0.3) is 52.3 Å². The molecule has 36 heteroatoms. The number of anilines is 1. The standard InChI is InChI=1S/C65H82ClN3O27S5/c1-64(21-7-39-97(73,74)75)56(68(24-26-91-32-34-95-38-36-93-30-28-89-4)53-16-14-48-50(61(53)64)40-46(98(76,77)78)42-54(48)100(82,83)84)17-11-44-8-5-9-45(63(44)66)12-18-57-65(2,22-25-90-31-33-94-37-35-92-29-27-88-3)62-51-41-47(99(79,80)81)43-55(101(85,86)87)49(51)13-15-52(62)67(57)23-6-10-60(72)96-69-58(70)19-20-59(69)71/h11-18,40-43H,5-10,19-39H2,1-4H3,(H4-,73,74,75,76,77,78,79,80,81,82,83,84,85,86,87). The number of hydrogen-bond acceptors (Lipinski definition) is 24. The quantitative estimate of drug-likeness (QED) is 0.0157. The lowest BCUT2D eigenvalue weighted by Crippen LogP contribution is -2.33. The molecule has 4 aromatic rings. The van der Waals surface area contributed by atoms with E-state index in [-0.39, 0.29) is 150 Å². The van der Waals surface area contributed by atoms with Crippen molar-refractivity contribution in [2.75, 3.05) is 130 Å². The summed E-state index contributed by atoms with van der Waals surface area (Å²) in [4.78, 5) is 41.6. The molecule has 8 rings (SSSR count). The predicted octanol–water partition coefficient (Wildman–Crippen LogP) is 6.65. The molecule has 2 amide bonds. The Morgan fingerprint density at radius 2 is 1.12 bits per heavy atom. The zero-order valence-corrected chi connectivity index (χ0v) is 60.8. The molecule has 2 unspecified atom stereocenters. The summed E-state index contributed by atoms with van der Waals surface area (Å²) in [6, 6.07) is 9.04. The molecule has 1 aliphatic carbocycles. The smallest absolute Gasteiger partial charge is 0.333 e. The van der Waals surface area contributed by atoms with E-state index in [1.54, 1.807) is 63.3 Å². The Bertz CT molecular complexity index is 4520. The third kappa shape index (κ3) is 20.3. The van der Waals surface area contributed by atoms with Crippen LogP contribution in [0.2, 0.25) is 0 Å². The van der Waals surface area contributed by atoms with Crippen LogP contribution in [0.1, 0.15) is 89.2 Å². The number of nitrogens with zero attached hydrogens (tertiary/aromatic N) is 3. The fourth-order valence-electron chi connectivity index (χ4n) is 12.9. The number of hydrogen-bond donors (Lipinski definition) is 4. The van der Waals surface area contributed by atoms with Crippen LogP contribution in [-0.4, -0.2) is 224 Å². The molecule has 3 aliphatic heterocycles. The highest BCUT2D eigenvalue weighted by Gasteiger charge is 2.50. The first kappa shape index (κ1) is 80.6. The van der Waals surface area contributed by atoms with E-state index in [4.69, 9.17) is 54.3 Å². The van der Waals surface area contributed by atoms with Gasteiger partial charge in [-0.2, -0.15) is 38.2 Å². The first-order valence-electron chi connectivity index (χ1n) is 32.1. The Morgan fingerprint density at radius 1 is 0.594 bits per heavy atom. The molecular weight excluding hydrogens is 1450 g/mol. The van der Waals surface area contributed by atoms with Crippen LogP contribution >= 0.6 is 11.6 Å². The molecule has 4 aromatic carbocycles. The molecule has 1 saturated heterocycles. The molecule has 0 radical (unpaired) electrons. The third-order valence-electron chi connectivity index (χ3n) is 17.6. The van der Waals surface area contributed by atoms with Crippen molar-refractivity contribution < 1.29 is 127 Å². The predicted molar refractivity (Wildman–Crippen MR) is 365 cm³/mol. The number of carbonyl (C=O) groups is 3. The van der Waals surface area contributed by atoms with Crippen LogP contribution in [0, 0.1) is 0 Å². The number of methoxy groups -OCH3 is 2. The van der Waals surface area contributed by atoms with Gasteiger partial charge < -0.3 is 52.2 Å². The van der Waals surface area contributed by atoms with Gasteiger partial charge in [0, 0.05) is 91.6 Å². The molecule has 1 fully saturated rings. The summed E-state index contributed by atoms with van der Waals surface area (Å²) in [5.41, 5.74) is 0.536. The molecule has 0 bridgehead atoms. The largest absolute Gasteiger partial charge is 0.744 e. The molecule has 0 saturated carbocycles. The van der Waals surface area contributed by atoms with Gasteiger partial charge in [-0.25, -0.2) is 13.2 Å². The molecule has 101 heavy (non-hydrogen) atoms. The highest BCUT2D eigenvalue weighted by atomic mass is 35.5. The van der Waals surface area contributed by atoms with Crippen LogP contribution in [0.25, 0.3) is 21.5 Å². The summed E-state index contributed by atoms with van der Waals surface area (Å²) >= 11 is 7.50. The number of hydroxylamine groups is 2. The molecule has 2 atom stereocenters. The van der Waals surface area contributed by atoms with Crippen LogP contribution in [0.4, 0.5) is 11.4 Å². The SMILES string of the molecule is COCCOCCOCCOCC[N+]1=C(/C=C/C2=C(Cl)C(=C/C=C3/N(CCCC(=O)ON4C(=O)CCC4=O)c4ccc5c(S(=O)(=O)[O-])cc(S(=O)(=O)O)cc5c4C3(C)CCOCCOCCOCCOC)/CCC2)C(C)(CCCS(=O)(=O)O)c2c1ccc1c(S(=O)(=O)O)cc(S(=O)(=O)O)cc21. The van der Waals surface area contributed by atoms with Crippen molar-refractivity contribution >= 4 is 119 Å². The Labute approximate surface area is 591 Å². The van der Waals surface area contributed by atoms with Crippen molar-refractivity contribution in [3.8, 4) is 0 Å². The Morgan fingerprint density at radius 3 is 1.66 bits per heavy atom. The van der Waals surface area contributed by atoms with E-state index in [0.717, 1.165) is 12.1 Å². The number of amides is 2. The van der Waals surface area contributed by atoms with Crippen molar-refractivity contribution in [2.45, 2.75) is 108 Å². The minimum Gasteiger partial charge on any atom is -0.744 e. The van der Waals surface area contributed by atoms with E-state index in [0.29, 0.717) is 109 Å². The monoisotopic (exact) mass is 1530 g/mol. The van der Waals surface area contributed by atoms with Crippen LogP contribution < -0.4 is 4.90 Å². The Balaban J connectivity index is 1.25. The lowest BCUT2D eigenvalue weighted by atomic mass is 9.74. The highest BCUT2D eigenvalue weighted by molar-refractivity contribution is 7.87. The van der Waals surface area contributed by atoms with E-state index in [2.05, 4.69) is 0 Å². The topological polar surface area (TPSA) is 418 Å². The molecule has 0 spiro atoms. The number of allylic oxidation sites excluding steroid dienone is 8. The lowest BCUT2D eigenvalue weighted by molar-refractivity contribution is -0.442. The van der Waals surface area contributed by atoms with Crippen LogP contribution in [-0.2, 0) is 119 Å². The maximum atomic E-state index is 13.3. The molecular formula is C65H82ClN3O27S5. The number of halogens is 1. The van der Waals surface area contributed by atoms with Gasteiger partial charge in [0.1, 0.15) is 21.6 Å². The summed E-state index contributed by atoms with van der Waals surface area (Å²) < 4.78 is 229. The second-order valence-electron chi connectivity index (χ2n) is 24.4. The first-order valence-corrected chi connectivity index (χ1v) is 39.8. The van der Waals surface area contributed by atoms with Gasteiger partial charge in [0.05, 0.1) is 105 Å². The Hall–Kier alpha value is -6.04. The number of benzene rings is 4. The van der Waals surface area contributed by atoms with Gasteiger partial charge in [-0.3, -0.25) is 27.8 Å². The van der Waals surface area contributed by atoms with Gasteiger partial charge in [-0.15, -0.1) is 5.06 Å². The summed E-state index contributed by atoms with van der Waals surface area (Å²) in [5.74, 6) is -3.04. The number of imide groups is 1. The summed E-state index contributed by atoms with van der Waals surface area (Å²) in [7, 11) is -22.5. The fraction of sp³-hybridized carbons (Fsp3) is 0.508. The first-order chi connectivity index (χ1) is 47.6. The van der Waals surface area contributed by atoms with Crippen molar-refractivity contribution in [1.82, 2.24) is 5.06 Å². The van der Waals surface area contributed by atoms with Crippen LogP contribution in [0.5, 0.6) is 0 Å². The molecule has 556 valence electrons. The van der Waals surface area contributed by atoms with Crippen molar-refractivity contribution in [1.29, 1.82) is 0 Å².